The summed E-state index contributed by atoms with van der Waals surface area (Å²) < 4.78 is 25.3. The van der Waals surface area contributed by atoms with E-state index in [0.29, 0.717) is 10.6 Å². The fraction of sp³-hybridized carbons (Fsp3) is 0.250. The molecule has 0 bridgehead atoms. The van der Waals surface area contributed by atoms with E-state index in [4.69, 9.17) is 16.7 Å². The van der Waals surface area contributed by atoms with E-state index in [9.17, 15) is 13.2 Å². The number of sulfonamides is 1. The number of rotatable bonds is 4. The van der Waals surface area contributed by atoms with Gasteiger partial charge in [0.15, 0.2) is 0 Å². The van der Waals surface area contributed by atoms with Crippen molar-refractivity contribution in [1.29, 1.82) is 0 Å². The van der Waals surface area contributed by atoms with Gasteiger partial charge in [0.25, 0.3) is 0 Å². The fourth-order valence-corrected chi connectivity index (χ4v) is 2.71. The Labute approximate surface area is 117 Å². The molecule has 1 aromatic rings. The van der Waals surface area contributed by atoms with Gasteiger partial charge in [-0.25, -0.2) is 17.5 Å². The van der Waals surface area contributed by atoms with Gasteiger partial charge in [0.05, 0.1) is 4.90 Å². The highest BCUT2D eigenvalue weighted by molar-refractivity contribution is 7.89. The van der Waals surface area contributed by atoms with Crippen LogP contribution in [0.25, 0.3) is 6.08 Å². The van der Waals surface area contributed by atoms with Gasteiger partial charge in [-0.05, 0) is 36.3 Å². The molecule has 1 N–H and O–H groups in total. The maximum absolute atomic E-state index is 12.1. The fourth-order valence-electron chi connectivity index (χ4n) is 1.40. The molecule has 0 amide bonds. The van der Waals surface area contributed by atoms with E-state index in [0.717, 1.165) is 10.4 Å². The Balaban J connectivity index is 3.54. The van der Waals surface area contributed by atoms with E-state index in [1.54, 1.807) is 6.92 Å². The van der Waals surface area contributed by atoms with Crippen molar-refractivity contribution in [2.24, 2.45) is 0 Å². The molecule has 0 atom stereocenters. The summed E-state index contributed by atoms with van der Waals surface area (Å²) in [6, 6.07) is 2.87. The zero-order valence-electron chi connectivity index (χ0n) is 10.7. The maximum Gasteiger partial charge on any atom is 0.328 e. The maximum atomic E-state index is 12.1. The van der Waals surface area contributed by atoms with Crippen molar-refractivity contribution < 1.29 is 18.3 Å². The first-order valence-electron chi connectivity index (χ1n) is 5.30. The van der Waals surface area contributed by atoms with Crippen molar-refractivity contribution >= 4 is 33.7 Å². The minimum absolute atomic E-state index is 0.0226. The Morgan fingerprint density at radius 1 is 1.37 bits per heavy atom. The van der Waals surface area contributed by atoms with E-state index in [2.05, 4.69) is 0 Å². The van der Waals surface area contributed by atoms with Crippen molar-refractivity contribution in [1.82, 2.24) is 4.31 Å². The number of carboxylic acids is 1. The summed E-state index contributed by atoms with van der Waals surface area (Å²) in [6.07, 6.45) is 2.12. The van der Waals surface area contributed by atoms with Crippen LogP contribution in [0.2, 0.25) is 5.02 Å². The number of benzene rings is 1. The van der Waals surface area contributed by atoms with Crippen LogP contribution in [0.1, 0.15) is 11.1 Å². The van der Waals surface area contributed by atoms with Gasteiger partial charge in [-0.15, -0.1) is 0 Å². The second-order valence-electron chi connectivity index (χ2n) is 4.10. The van der Waals surface area contributed by atoms with Gasteiger partial charge in [-0.1, -0.05) is 11.6 Å². The first-order valence-corrected chi connectivity index (χ1v) is 7.11. The minimum Gasteiger partial charge on any atom is -0.478 e. The lowest BCUT2D eigenvalue weighted by molar-refractivity contribution is -0.131. The quantitative estimate of drug-likeness (QED) is 0.863. The molecule has 104 valence electrons. The Morgan fingerprint density at radius 2 is 1.95 bits per heavy atom. The molecule has 0 aromatic heterocycles. The van der Waals surface area contributed by atoms with E-state index in [1.807, 2.05) is 0 Å². The molecular weight excluding hydrogens is 290 g/mol. The van der Waals surface area contributed by atoms with Crippen LogP contribution >= 0.6 is 11.6 Å². The highest BCUT2D eigenvalue weighted by atomic mass is 35.5. The van der Waals surface area contributed by atoms with Crippen LogP contribution in [0.5, 0.6) is 0 Å². The zero-order chi connectivity index (χ0) is 14.8. The monoisotopic (exact) mass is 303 g/mol. The van der Waals surface area contributed by atoms with Gasteiger partial charge in [0.2, 0.25) is 10.0 Å². The topological polar surface area (TPSA) is 74.7 Å². The molecule has 0 saturated carbocycles. The van der Waals surface area contributed by atoms with Crippen LogP contribution in [-0.4, -0.2) is 37.9 Å². The van der Waals surface area contributed by atoms with Crippen LogP contribution in [-0.2, 0) is 14.8 Å². The third-order valence-electron chi connectivity index (χ3n) is 2.46. The van der Waals surface area contributed by atoms with Crippen molar-refractivity contribution in [3.8, 4) is 0 Å². The summed E-state index contributed by atoms with van der Waals surface area (Å²) in [5, 5.41) is 8.94. The second kappa shape index (κ2) is 5.73. The van der Waals surface area contributed by atoms with Crippen LogP contribution in [0.3, 0.4) is 0 Å². The molecule has 0 spiro atoms. The summed E-state index contributed by atoms with van der Waals surface area (Å²) in [5.41, 5.74) is 0.961. The van der Waals surface area contributed by atoms with Gasteiger partial charge < -0.3 is 5.11 Å². The largest absolute Gasteiger partial charge is 0.478 e. The molecule has 0 saturated heterocycles. The summed E-state index contributed by atoms with van der Waals surface area (Å²) >= 11 is 5.94. The molecule has 0 heterocycles. The summed E-state index contributed by atoms with van der Waals surface area (Å²) in [6.45, 7) is 1.71. The first-order chi connectivity index (χ1) is 8.66. The second-order valence-corrected chi connectivity index (χ2v) is 6.63. The number of aliphatic carboxylic acids is 1. The van der Waals surface area contributed by atoms with Crippen LogP contribution in [0, 0.1) is 6.92 Å². The summed E-state index contributed by atoms with van der Waals surface area (Å²) in [7, 11) is -0.897. The molecule has 0 fully saturated rings. The van der Waals surface area contributed by atoms with E-state index < -0.39 is 16.0 Å². The predicted molar refractivity (Wildman–Crippen MR) is 73.7 cm³/mol. The van der Waals surface area contributed by atoms with E-state index in [-0.39, 0.29) is 10.5 Å². The number of hydrogen-bond acceptors (Lipinski definition) is 3. The molecular formula is C12H14ClNO4S. The number of halogens is 1. The minimum atomic E-state index is -3.69. The molecule has 19 heavy (non-hydrogen) atoms. The third kappa shape index (κ3) is 3.56. The van der Waals surface area contributed by atoms with Crippen molar-refractivity contribution in [3.63, 3.8) is 0 Å². The van der Waals surface area contributed by atoms with E-state index in [1.165, 1.54) is 32.3 Å². The lowest BCUT2D eigenvalue weighted by Crippen LogP contribution is -2.23. The highest BCUT2D eigenvalue weighted by Gasteiger charge is 2.21. The summed E-state index contributed by atoms with van der Waals surface area (Å²) in [4.78, 5) is 10.5. The van der Waals surface area contributed by atoms with Gasteiger partial charge >= 0.3 is 5.97 Å². The smallest absolute Gasteiger partial charge is 0.328 e. The molecule has 0 radical (unpaired) electrons. The van der Waals surface area contributed by atoms with Gasteiger partial charge in [-0.2, -0.15) is 0 Å². The Bertz CT molecular complexity index is 635. The van der Waals surface area contributed by atoms with Gasteiger partial charge in [-0.3, -0.25) is 0 Å². The Morgan fingerprint density at radius 3 is 2.42 bits per heavy atom. The van der Waals surface area contributed by atoms with Crippen molar-refractivity contribution in [2.75, 3.05) is 14.1 Å². The standard InChI is InChI=1S/C12H14ClNO4S/c1-8-6-9(4-5-12(15)16)11(7-10(8)13)19(17,18)14(2)3/h4-7H,1-3H3,(H,15,16)/b5-4+. The third-order valence-corrected chi connectivity index (χ3v) is 4.73. The lowest BCUT2D eigenvalue weighted by atomic mass is 10.1. The Hall–Kier alpha value is -1.37. The van der Waals surface area contributed by atoms with Crippen LogP contribution < -0.4 is 0 Å². The lowest BCUT2D eigenvalue weighted by Gasteiger charge is -2.15. The average Bonchev–Trinajstić information content (AvgIpc) is 2.29. The van der Waals surface area contributed by atoms with Crippen molar-refractivity contribution in [3.05, 3.63) is 34.4 Å². The number of aryl methyl sites for hydroxylation is 1. The summed E-state index contributed by atoms with van der Waals surface area (Å²) in [5.74, 6) is -1.15. The van der Waals surface area contributed by atoms with E-state index >= 15 is 0 Å². The molecule has 0 aliphatic heterocycles. The SMILES string of the molecule is Cc1cc(/C=C/C(=O)O)c(S(=O)(=O)N(C)C)cc1Cl. The number of nitrogens with zero attached hydrogens (tertiary/aromatic N) is 1. The molecule has 7 heteroatoms. The molecule has 0 aliphatic carbocycles. The zero-order valence-corrected chi connectivity index (χ0v) is 12.3. The molecule has 1 rings (SSSR count). The normalized spacial score (nSPS) is 12.3. The average molecular weight is 304 g/mol. The van der Waals surface area contributed by atoms with Gasteiger partial charge in [0, 0.05) is 25.2 Å². The highest BCUT2D eigenvalue weighted by Crippen LogP contribution is 2.27. The first kappa shape index (κ1) is 15.7. The molecule has 5 nitrogen and oxygen atoms in total. The van der Waals surface area contributed by atoms with Crippen molar-refractivity contribution in [2.45, 2.75) is 11.8 Å². The molecule has 0 unspecified atom stereocenters. The Kier molecular flexibility index (Phi) is 4.73. The number of hydrogen-bond donors (Lipinski definition) is 1. The van der Waals surface area contributed by atoms with Crippen LogP contribution in [0.15, 0.2) is 23.1 Å². The molecule has 1 aromatic carbocycles. The number of carboxylic acid groups (broad SMARTS) is 1. The predicted octanol–water partition coefficient (Wildman–Crippen LogP) is 2.00. The molecule has 0 aliphatic rings. The van der Waals surface area contributed by atoms with Crippen LogP contribution in [0.4, 0.5) is 0 Å². The van der Waals surface area contributed by atoms with Gasteiger partial charge in [0.1, 0.15) is 0 Å². The number of carbonyl (C=O) groups is 1.